The monoisotopic (exact) mass is 373 g/mol. The topological polar surface area (TPSA) is 65.0 Å². The molecule has 142 valence electrons. The van der Waals surface area contributed by atoms with Crippen LogP contribution in [0.2, 0.25) is 0 Å². The number of aromatic nitrogens is 3. The minimum Gasteiger partial charge on any atom is -0.466 e. The van der Waals surface area contributed by atoms with Gasteiger partial charge >= 0.3 is 5.97 Å². The van der Waals surface area contributed by atoms with E-state index in [2.05, 4.69) is 39.2 Å². The summed E-state index contributed by atoms with van der Waals surface area (Å²) in [5, 5.41) is 0. The van der Waals surface area contributed by atoms with Crippen LogP contribution in [0.15, 0.2) is 61.2 Å². The number of carbonyl (C=O) groups is 1. The van der Waals surface area contributed by atoms with E-state index in [0.29, 0.717) is 6.61 Å². The van der Waals surface area contributed by atoms with Gasteiger partial charge in [0.25, 0.3) is 0 Å². The van der Waals surface area contributed by atoms with Crippen molar-refractivity contribution in [3.05, 3.63) is 77.9 Å². The minimum absolute atomic E-state index is 0.190. The Morgan fingerprint density at radius 2 is 1.57 bits per heavy atom. The Kier molecular flexibility index (Phi) is 5.15. The molecule has 4 rings (SSSR count). The maximum Gasteiger partial charge on any atom is 0.302 e. The molecular weight excluding hydrogens is 350 g/mol. The van der Waals surface area contributed by atoms with Crippen LogP contribution in [0.4, 0.5) is 0 Å². The first kappa shape index (κ1) is 18.3. The summed E-state index contributed by atoms with van der Waals surface area (Å²) in [7, 11) is 0. The quantitative estimate of drug-likeness (QED) is 0.460. The molecule has 0 bridgehead atoms. The summed E-state index contributed by atoms with van der Waals surface area (Å²) in [5.41, 5.74) is 5.46. The molecule has 0 aliphatic heterocycles. The van der Waals surface area contributed by atoms with Gasteiger partial charge in [0.2, 0.25) is 0 Å². The van der Waals surface area contributed by atoms with E-state index in [1.54, 1.807) is 0 Å². The van der Waals surface area contributed by atoms with E-state index in [1.165, 1.54) is 23.6 Å². The number of pyridine rings is 3. The minimum atomic E-state index is -0.226. The Hall–Kier alpha value is -3.08. The molecule has 0 radical (unpaired) electrons. The molecule has 5 nitrogen and oxygen atoms in total. The van der Waals surface area contributed by atoms with Crippen molar-refractivity contribution in [3.8, 4) is 11.4 Å². The maximum atomic E-state index is 11.0. The molecular formula is C23H23N3O2. The number of unbranched alkanes of at least 4 members (excludes halogenated alkanes) is 1. The molecule has 0 fully saturated rings. The number of nitrogens with zero attached hydrogens (tertiary/aromatic N) is 3. The van der Waals surface area contributed by atoms with Gasteiger partial charge in [-0.15, -0.1) is 0 Å². The molecule has 0 N–H and O–H groups in total. The van der Waals surface area contributed by atoms with E-state index in [4.69, 9.17) is 4.74 Å². The molecule has 0 spiro atoms. The Morgan fingerprint density at radius 1 is 0.929 bits per heavy atom. The Balaban J connectivity index is 1.72. The lowest BCUT2D eigenvalue weighted by molar-refractivity contribution is -0.141. The fourth-order valence-electron chi connectivity index (χ4n) is 4.25. The summed E-state index contributed by atoms with van der Waals surface area (Å²) in [5.74, 6) is -0.226. The SMILES string of the molecule is CC(=O)OCCCCC1(Cc2ccncc2)c2cccnc2-c2ncccc21. The fourth-order valence-corrected chi connectivity index (χ4v) is 4.25. The number of carbonyl (C=O) groups excluding carboxylic acids is 1. The molecule has 0 unspecified atom stereocenters. The second-order valence-electron chi connectivity index (χ2n) is 7.21. The van der Waals surface area contributed by atoms with Gasteiger partial charge in [-0.1, -0.05) is 12.1 Å². The molecule has 28 heavy (non-hydrogen) atoms. The first-order valence-electron chi connectivity index (χ1n) is 9.64. The second kappa shape index (κ2) is 7.89. The third kappa shape index (κ3) is 3.40. The zero-order chi connectivity index (χ0) is 19.4. The normalized spacial score (nSPS) is 13.6. The highest BCUT2D eigenvalue weighted by molar-refractivity contribution is 5.75. The summed E-state index contributed by atoms with van der Waals surface area (Å²) < 4.78 is 5.12. The zero-order valence-electron chi connectivity index (χ0n) is 16.0. The number of hydrogen-bond acceptors (Lipinski definition) is 5. The molecule has 1 aliphatic rings. The number of rotatable bonds is 7. The molecule has 3 aromatic heterocycles. The van der Waals surface area contributed by atoms with Crippen molar-refractivity contribution in [3.63, 3.8) is 0 Å². The van der Waals surface area contributed by atoms with E-state index in [0.717, 1.165) is 37.1 Å². The summed E-state index contributed by atoms with van der Waals surface area (Å²) in [6, 6.07) is 12.5. The van der Waals surface area contributed by atoms with E-state index < -0.39 is 0 Å². The molecule has 1 aliphatic carbocycles. The fraction of sp³-hybridized carbons (Fsp3) is 0.304. The van der Waals surface area contributed by atoms with Crippen molar-refractivity contribution < 1.29 is 9.53 Å². The van der Waals surface area contributed by atoms with Crippen molar-refractivity contribution in [1.29, 1.82) is 0 Å². The van der Waals surface area contributed by atoms with Gasteiger partial charge in [0.05, 0.1) is 18.0 Å². The molecule has 5 heteroatoms. The van der Waals surface area contributed by atoms with Crippen molar-refractivity contribution in [2.75, 3.05) is 6.61 Å². The molecule has 0 atom stereocenters. The van der Waals surface area contributed by atoms with E-state index in [-0.39, 0.29) is 11.4 Å². The lowest BCUT2D eigenvalue weighted by Gasteiger charge is -2.32. The average Bonchev–Trinajstić information content (AvgIpc) is 2.99. The van der Waals surface area contributed by atoms with E-state index >= 15 is 0 Å². The van der Waals surface area contributed by atoms with Crippen LogP contribution in [0.25, 0.3) is 11.4 Å². The molecule has 0 saturated heterocycles. The van der Waals surface area contributed by atoms with Gasteiger partial charge in [0.15, 0.2) is 0 Å². The van der Waals surface area contributed by atoms with Crippen LogP contribution in [0.1, 0.15) is 42.9 Å². The van der Waals surface area contributed by atoms with Crippen molar-refractivity contribution in [2.24, 2.45) is 0 Å². The summed E-state index contributed by atoms with van der Waals surface area (Å²) in [6.07, 6.45) is 10.9. The molecule has 3 heterocycles. The van der Waals surface area contributed by atoms with Crippen molar-refractivity contribution in [1.82, 2.24) is 15.0 Å². The van der Waals surface area contributed by atoms with Gasteiger partial charge in [-0.2, -0.15) is 0 Å². The van der Waals surface area contributed by atoms with Crippen LogP contribution >= 0.6 is 0 Å². The Labute approximate surface area is 164 Å². The lowest BCUT2D eigenvalue weighted by atomic mass is 9.71. The van der Waals surface area contributed by atoms with E-state index in [1.807, 2.05) is 36.9 Å². The first-order chi connectivity index (χ1) is 13.7. The average molecular weight is 373 g/mol. The second-order valence-corrected chi connectivity index (χ2v) is 7.21. The lowest BCUT2D eigenvalue weighted by Crippen LogP contribution is -2.28. The summed E-state index contributed by atoms with van der Waals surface area (Å²) in [4.78, 5) is 24.5. The van der Waals surface area contributed by atoms with Crippen LogP contribution in [-0.2, 0) is 21.4 Å². The smallest absolute Gasteiger partial charge is 0.302 e. The van der Waals surface area contributed by atoms with Crippen molar-refractivity contribution >= 4 is 5.97 Å². The summed E-state index contributed by atoms with van der Waals surface area (Å²) in [6.45, 7) is 1.91. The van der Waals surface area contributed by atoms with Gasteiger partial charge < -0.3 is 4.74 Å². The number of esters is 1. The number of hydrogen-bond donors (Lipinski definition) is 0. The largest absolute Gasteiger partial charge is 0.466 e. The van der Waals surface area contributed by atoms with Crippen LogP contribution in [0, 0.1) is 0 Å². The predicted octanol–water partition coefficient (Wildman–Crippen LogP) is 4.11. The Bertz CT molecular complexity index is 927. The highest BCUT2D eigenvalue weighted by atomic mass is 16.5. The number of ether oxygens (including phenoxy) is 1. The molecule has 3 aromatic rings. The first-order valence-corrected chi connectivity index (χ1v) is 9.64. The van der Waals surface area contributed by atoms with E-state index in [9.17, 15) is 4.79 Å². The molecule has 0 saturated carbocycles. The van der Waals surface area contributed by atoms with Gasteiger partial charge in [0, 0.05) is 37.1 Å². The maximum absolute atomic E-state index is 11.0. The van der Waals surface area contributed by atoms with Crippen LogP contribution < -0.4 is 0 Å². The van der Waals surface area contributed by atoms with Crippen LogP contribution in [-0.4, -0.2) is 27.5 Å². The highest BCUT2D eigenvalue weighted by Crippen LogP contribution is 2.51. The van der Waals surface area contributed by atoms with Gasteiger partial charge in [-0.3, -0.25) is 19.7 Å². The van der Waals surface area contributed by atoms with Crippen LogP contribution in [0.3, 0.4) is 0 Å². The Morgan fingerprint density at radius 3 is 2.18 bits per heavy atom. The third-order valence-corrected chi connectivity index (χ3v) is 5.43. The molecule has 0 amide bonds. The van der Waals surface area contributed by atoms with Gasteiger partial charge in [0.1, 0.15) is 0 Å². The summed E-state index contributed by atoms with van der Waals surface area (Å²) >= 11 is 0. The van der Waals surface area contributed by atoms with Crippen molar-refractivity contribution in [2.45, 2.75) is 38.0 Å². The van der Waals surface area contributed by atoms with Gasteiger partial charge in [-0.25, -0.2) is 0 Å². The number of fused-ring (bicyclic) bond motifs is 3. The molecule has 0 aromatic carbocycles. The van der Waals surface area contributed by atoms with Crippen LogP contribution in [0.5, 0.6) is 0 Å². The third-order valence-electron chi connectivity index (χ3n) is 5.43. The standard InChI is InChI=1S/C23H23N3O2/c1-17(27)28-15-3-2-10-23(16-18-8-13-24-14-9-18)19-6-4-11-25-21(19)22-20(23)7-5-12-26-22/h4-9,11-14H,2-3,10,15-16H2,1H3. The zero-order valence-corrected chi connectivity index (χ0v) is 16.0. The van der Waals surface area contributed by atoms with Gasteiger partial charge in [-0.05, 0) is 66.6 Å². The highest BCUT2D eigenvalue weighted by Gasteiger charge is 2.44. The predicted molar refractivity (Wildman–Crippen MR) is 107 cm³/mol.